The first-order valence-electron chi connectivity index (χ1n) is 7.69. The molecule has 0 unspecified atom stereocenters. The number of nitrogen functional groups attached to an aromatic ring is 1. The van der Waals surface area contributed by atoms with Crippen LogP contribution in [0, 0.1) is 12.3 Å². The zero-order chi connectivity index (χ0) is 14.9. The fourth-order valence-corrected chi connectivity index (χ4v) is 2.74. The maximum atomic E-state index is 6.08. The van der Waals surface area contributed by atoms with Crippen LogP contribution in [-0.4, -0.2) is 23.1 Å². The first-order valence-corrected chi connectivity index (χ1v) is 7.69. The lowest BCUT2D eigenvalue weighted by Crippen LogP contribution is -2.28. The first kappa shape index (κ1) is 15.1. The van der Waals surface area contributed by atoms with Crippen LogP contribution in [0.4, 0.5) is 11.6 Å². The number of nitrogens with zero attached hydrogens (tertiary/aromatic N) is 3. The van der Waals surface area contributed by atoms with Crippen LogP contribution in [0.5, 0.6) is 0 Å². The van der Waals surface area contributed by atoms with Gasteiger partial charge in [-0.2, -0.15) is 0 Å². The highest BCUT2D eigenvalue weighted by Crippen LogP contribution is 2.33. The molecule has 2 rings (SSSR count). The molecule has 0 spiro atoms. The van der Waals surface area contributed by atoms with E-state index in [9.17, 15) is 0 Å². The van der Waals surface area contributed by atoms with Gasteiger partial charge in [-0.25, -0.2) is 9.97 Å². The van der Waals surface area contributed by atoms with Crippen molar-refractivity contribution in [2.24, 2.45) is 5.41 Å². The summed E-state index contributed by atoms with van der Waals surface area (Å²) in [5.74, 6) is 2.83. The maximum Gasteiger partial charge on any atom is 0.137 e. The van der Waals surface area contributed by atoms with E-state index in [-0.39, 0.29) is 0 Å². The van der Waals surface area contributed by atoms with Gasteiger partial charge in [-0.15, -0.1) is 0 Å². The summed E-state index contributed by atoms with van der Waals surface area (Å²) < 4.78 is 0. The molecule has 0 aromatic carbocycles. The normalized spacial score (nSPS) is 19.2. The van der Waals surface area contributed by atoms with Gasteiger partial charge in [0.2, 0.25) is 0 Å². The lowest BCUT2D eigenvalue weighted by molar-refractivity contribution is 0.325. The largest absolute Gasteiger partial charge is 0.383 e. The highest BCUT2D eigenvalue weighted by molar-refractivity contribution is 5.56. The molecule has 1 saturated heterocycles. The van der Waals surface area contributed by atoms with E-state index >= 15 is 0 Å². The smallest absolute Gasteiger partial charge is 0.137 e. The van der Waals surface area contributed by atoms with Gasteiger partial charge in [0.05, 0.1) is 0 Å². The van der Waals surface area contributed by atoms with Crippen molar-refractivity contribution in [2.75, 3.05) is 23.7 Å². The second-order valence-electron chi connectivity index (χ2n) is 7.08. The molecule has 0 amide bonds. The lowest BCUT2D eigenvalue weighted by atomic mass is 9.85. The Hall–Kier alpha value is -1.32. The highest BCUT2D eigenvalue weighted by Gasteiger charge is 2.25. The van der Waals surface area contributed by atoms with Crippen LogP contribution in [-0.2, 0) is 0 Å². The molecule has 1 aromatic heterocycles. The van der Waals surface area contributed by atoms with E-state index in [2.05, 4.69) is 37.6 Å². The molecule has 2 N–H and O–H groups in total. The summed E-state index contributed by atoms with van der Waals surface area (Å²) in [5, 5.41) is 0. The second-order valence-corrected chi connectivity index (χ2v) is 7.08. The van der Waals surface area contributed by atoms with E-state index in [0.717, 1.165) is 30.3 Å². The van der Waals surface area contributed by atoms with Crippen molar-refractivity contribution >= 4 is 11.6 Å². The van der Waals surface area contributed by atoms with Crippen LogP contribution in [0.3, 0.4) is 0 Å². The minimum atomic E-state index is 0.306. The van der Waals surface area contributed by atoms with Gasteiger partial charge >= 0.3 is 0 Å². The average molecular weight is 276 g/mol. The Morgan fingerprint density at radius 3 is 2.50 bits per heavy atom. The van der Waals surface area contributed by atoms with E-state index in [1.807, 2.05) is 6.92 Å². The molecule has 2 heterocycles. The van der Waals surface area contributed by atoms with Gasteiger partial charge in [-0.3, -0.25) is 0 Å². The van der Waals surface area contributed by atoms with E-state index in [1.54, 1.807) is 0 Å². The Morgan fingerprint density at radius 1 is 1.15 bits per heavy atom. The van der Waals surface area contributed by atoms with Crippen molar-refractivity contribution in [2.45, 2.75) is 59.8 Å². The zero-order valence-electron chi connectivity index (χ0n) is 13.5. The fourth-order valence-electron chi connectivity index (χ4n) is 2.74. The van der Waals surface area contributed by atoms with Crippen LogP contribution in [0.2, 0.25) is 0 Å². The van der Waals surface area contributed by atoms with Crippen LogP contribution < -0.4 is 10.6 Å². The van der Waals surface area contributed by atoms with Gasteiger partial charge < -0.3 is 10.6 Å². The van der Waals surface area contributed by atoms with Crippen molar-refractivity contribution < 1.29 is 0 Å². The Kier molecular flexibility index (Phi) is 4.21. The van der Waals surface area contributed by atoms with Crippen molar-refractivity contribution in [3.63, 3.8) is 0 Å². The molecular weight excluding hydrogens is 248 g/mol. The van der Waals surface area contributed by atoms with E-state index < -0.39 is 0 Å². The van der Waals surface area contributed by atoms with E-state index in [1.165, 1.54) is 19.3 Å². The van der Waals surface area contributed by atoms with Gasteiger partial charge in [0.25, 0.3) is 0 Å². The maximum absolute atomic E-state index is 6.08. The molecule has 112 valence electrons. The Balaban J connectivity index is 2.32. The molecule has 0 saturated carbocycles. The second kappa shape index (κ2) is 5.58. The lowest BCUT2D eigenvalue weighted by Gasteiger charge is -2.26. The summed E-state index contributed by atoms with van der Waals surface area (Å²) in [6.45, 7) is 13.1. The predicted molar refractivity (Wildman–Crippen MR) is 85.1 cm³/mol. The molecule has 1 aromatic rings. The standard InChI is InChI=1S/C16H28N4/c1-11(2)14-18-13(17)12(3)15(19-14)20-9-6-7-16(4,5)8-10-20/h11H,6-10H2,1-5H3,(H2,17,18,19). The molecule has 1 aliphatic rings. The summed E-state index contributed by atoms with van der Waals surface area (Å²) in [6, 6.07) is 0. The number of hydrogen-bond donors (Lipinski definition) is 1. The Bertz CT molecular complexity index is 480. The van der Waals surface area contributed by atoms with Crippen LogP contribution in [0.1, 0.15) is 64.3 Å². The SMILES string of the molecule is Cc1c(N)nc(C(C)C)nc1N1CCCC(C)(C)CC1. The fraction of sp³-hybridized carbons (Fsp3) is 0.750. The van der Waals surface area contributed by atoms with Crippen LogP contribution >= 0.6 is 0 Å². The van der Waals surface area contributed by atoms with Gasteiger partial charge in [-0.05, 0) is 31.6 Å². The number of hydrogen-bond acceptors (Lipinski definition) is 4. The molecule has 0 radical (unpaired) electrons. The molecule has 1 fully saturated rings. The van der Waals surface area contributed by atoms with Gasteiger partial charge in [0.1, 0.15) is 17.5 Å². The number of aromatic nitrogens is 2. The molecule has 0 bridgehead atoms. The quantitative estimate of drug-likeness (QED) is 0.898. The van der Waals surface area contributed by atoms with Crippen LogP contribution in [0.25, 0.3) is 0 Å². The first-order chi connectivity index (χ1) is 9.30. The van der Waals surface area contributed by atoms with Gasteiger partial charge in [-0.1, -0.05) is 27.7 Å². The Morgan fingerprint density at radius 2 is 1.85 bits per heavy atom. The monoisotopic (exact) mass is 276 g/mol. The summed E-state index contributed by atoms with van der Waals surface area (Å²) in [5.41, 5.74) is 7.54. The third kappa shape index (κ3) is 3.22. The van der Waals surface area contributed by atoms with Crippen molar-refractivity contribution in [1.29, 1.82) is 0 Å². The number of anilines is 2. The molecule has 1 aliphatic heterocycles. The summed E-state index contributed by atoms with van der Waals surface area (Å²) >= 11 is 0. The molecule has 4 nitrogen and oxygen atoms in total. The predicted octanol–water partition coefficient (Wildman–Crippen LogP) is 3.51. The number of nitrogens with two attached hydrogens (primary N) is 1. The van der Waals surface area contributed by atoms with E-state index in [0.29, 0.717) is 17.2 Å². The third-order valence-electron chi connectivity index (χ3n) is 4.33. The van der Waals surface area contributed by atoms with Crippen molar-refractivity contribution in [3.8, 4) is 0 Å². The minimum Gasteiger partial charge on any atom is -0.383 e. The average Bonchev–Trinajstić information content (AvgIpc) is 2.53. The third-order valence-corrected chi connectivity index (χ3v) is 4.33. The Labute approximate surface area is 122 Å². The number of rotatable bonds is 2. The minimum absolute atomic E-state index is 0.306. The highest BCUT2D eigenvalue weighted by atomic mass is 15.2. The summed E-state index contributed by atoms with van der Waals surface area (Å²) in [7, 11) is 0. The zero-order valence-corrected chi connectivity index (χ0v) is 13.5. The van der Waals surface area contributed by atoms with Gasteiger partial charge in [0, 0.05) is 24.6 Å². The van der Waals surface area contributed by atoms with Gasteiger partial charge in [0.15, 0.2) is 0 Å². The topological polar surface area (TPSA) is 55.0 Å². The van der Waals surface area contributed by atoms with Crippen molar-refractivity contribution in [1.82, 2.24) is 9.97 Å². The summed E-state index contributed by atoms with van der Waals surface area (Å²) in [4.78, 5) is 11.6. The molecule has 20 heavy (non-hydrogen) atoms. The van der Waals surface area contributed by atoms with Crippen molar-refractivity contribution in [3.05, 3.63) is 11.4 Å². The summed E-state index contributed by atoms with van der Waals surface area (Å²) in [6.07, 6.45) is 3.70. The molecule has 4 heteroatoms. The molecular formula is C16H28N4. The molecule has 0 aliphatic carbocycles. The van der Waals surface area contributed by atoms with Crippen LogP contribution in [0.15, 0.2) is 0 Å². The molecule has 0 atom stereocenters. The van der Waals surface area contributed by atoms with E-state index in [4.69, 9.17) is 10.7 Å².